The first kappa shape index (κ1) is 5.63. The Morgan fingerprint density at radius 1 is 1.83 bits per heavy atom. The van der Waals surface area contributed by atoms with Crippen molar-refractivity contribution in [1.82, 2.24) is 5.32 Å². The van der Waals surface area contributed by atoms with Crippen molar-refractivity contribution in [2.24, 2.45) is 0 Å². The van der Waals surface area contributed by atoms with Crippen molar-refractivity contribution >= 4 is 17.7 Å². The SMILES string of the molecule is C=CC[N]C=S. The highest BCUT2D eigenvalue weighted by atomic mass is 32.1. The quantitative estimate of drug-likeness (QED) is 0.290. The average molecular weight is 100 g/mol. The van der Waals surface area contributed by atoms with E-state index in [-0.39, 0.29) is 0 Å². The minimum atomic E-state index is 0.642. The third-order valence-corrected chi connectivity index (χ3v) is 0.458. The number of nitrogens with zero attached hydrogens (tertiary/aromatic N) is 1. The van der Waals surface area contributed by atoms with Crippen molar-refractivity contribution in [1.29, 1.82) is 0 Å². The predicted octanol–water partition coefficient (Wildman–Crippen LogP) is 0.734. The van der Waals surface area contributed by atoms with Crippen molar-refractivity contribution in [2.45, 2.75) is 0 Å². The molecule has 6 heavy (non-hydrogen) atoms. The Morgan fingerprint density at radius 2 is 2.50 bits per heavy atom. The molecular formula is C4H6NS. The Hall–Kier alpha value is -0.370. The van der Waals surface area contributed by atoms with Gasteiger partial charge in [0, 0.05) is 0 Å². The van der Waals surface area contributed by atoms with E-state index >= 15 is 0 Å². The molecule has 0 aromatic rings. The normalized spacial score (nSPS) is 6.67. The fourth-order valence-corrected chi connectivity index (χ4v) is 0.204. The Bertz CT molecular complexity index is 43.5. The lowest BCUT2D eigenvalue weighted by atomic mass is 10.6. The average Bonchev–Trinajstić information content (AvgIpc) is 1.61. The van der Waals surface area contributed by atoms with Crippen LogP contribution in [0.2, 0.25) is 0 Å². The molecule has 0 saturated heterocycles. The van der Waals surface area contributed by atoms with Gasteiger partial charge in [0.15, 0.2) is 0 Å². The lowest BCUT2D eigenvalue weighted by molar-refractivity contribution is 1.07. The molecule has 0 unspecified atom stereocenters. The van der Waals surface area contributed by atoms with E-state index in [1.807, 2.05) is 0 Å². The zero-order valence-corrected chi connectivity index (χ0v) is 4.24. The molecular weight excluding hydrogens is 94.1 g/mol. The van der Waals surface area contributed by atoms with E-state index in [0.717, 1.165) is 0 Å². The van der Waals surface area contributed by atoms with Gasteiger partial charge in [-0.15, -0.1) is 6.58 Å². The summed E-state index contributed by atoms with van der Waals surface area (Å²) >= 11 is 4.38. The second-order valence-corrected chi connectivity index (χ2v) is 0.970. The van der Waals surface area contributed by atoms with Gasteiger partial charge in [0.2, 0.25) is 0 Å². The standard InChI is InChI=1S/C4H6NS/c1-2-3-5-4-6/h2,4H,1,3H2. The van der Waals surface area contributed by atoms with Crippen molar-refractivity contribution in [2.75, 3.05) is 6.54 Å². The van der Waals surface area contributed by atoms with Crippen LogP contribution in [0.1, 0.15) is 0 Å². The van der Waals surface area contributed by atoms with Crippen molar-refractivity contribution in [3.05, 3.63) is 12.7 Å². The molecule has 0 aliphatic heterocycles. The van der Waals surface area contributed by atoms with Crippen molar-refractivity contribution < 1.29 is 0 Å². The van der Waals surface area contributed by atoms with E-state index in [4.69, 9.17) is 0 Å². The summed E-state index contributed by atoms with van der Waals surface area (Å²) in [5.74, 6) is 0. The van der Waals surface area contributed by atoms with Gasteiger partial charge in [0.1, 0.15) is 0 Å². The highest BCUT2D eigenvalue weighted by Crippen LogP contribution is 1.56. The molecule has 0 spiro atoms. The van der Waals surface area contributed by atoms with E-state index in [2.05, 4.69) is 24.1 Å². The van der Waals surface area contributed by atoms with Gasteiger partial charge in [0.05, 0.1) is 12.0 Å². The third kappa shape index (κ3) is 3.63. The van der Waals surface area contributed by atoms with Gasteiger partial charge in [-0.3, -0.25) is 5.32 Å². The minimum Gasteiger partial charge on any atom is -0.278 e. The molecule has 0 bridgehead atoms. The lowest BCUT2D eigenvalue weighted by Gasteiger charge is -1.79. The monoisotopic (exact) mass is 100 g/mol. The van der Waals surface area contributed by atoms with Crippen LogP contribution >= 0.6 is 12.2 Å². The van der Waals surface area contributed by atoms with E-state index in [9.17, 15) is 0 Å². The van der Waals surface area contributed by atoms with E-state index in [1.54, 1.807) is 6.08 Å². The van der Waals surface area contributed by atoms with Gasteiger partial charge in [-0.1, -0.05) is 18.3 Å². The molecule has 0 atom stereocenters. The molecule has 0 saturated carbocycles. The molecule has 0 amide bonds. The van der Waals surface area contributed by atoms with E-state index < -0.39 is 0 Å². The molecule has 0 fully saturated rings. The zero-order chi connectivity index (χ0) is 4.83. The summed E-state index contributed by atoms with van der Waals surface area (Å²) in [6, 6.07) is 0. The van der Waals surface area contributed by atoms with Crippen LogP contribution < -0.4 is 5.32 Å². The first-order chi connectivity index (χ1) is 2.91. The number of rotatable bonds is 3. The van der Waals surface area contributed by atoms with Crippen molar-refractivity contribution in [3.8, 4) is 0 Å². The number of hydrogen-bond acceptors (Lipinski definition) is 1. The summed E-state index contributed by atoms with van der Waals surface area (Å²) < 4.78 is 0. The lowest BCUT2D eigenvalue weighted by Crippen LogP contribution is -1.96. The van der Waals surface area contributed by atoms with Crippen LogP contribution in [0.15, 0.2) is 12.7 Å². The molecule has 0 heterocycles. The van der Waals surface area contributed by atoms with E-state index in [0.29, 0.717) is 6.54 Å². The Morgan fingerprint density at radius 3 is 2.67 bits per heavy atom. The smallest absolute Gasteiger partial charge is 0.0846 e. The fourth-order valence-electron chi connectivity index (χ4n) is 0.118. The highest BCUT2D eigenvalue weighted by Gasteiger charge is 1.65. The largest absolute Gasteiger partial charge is 0.278 e. The van der Waals surface area contributed by atoms with Crippen LogP contribution in [-0.4, -0.2) is 12.0 Å². The van der Waals surface area contributed by atoms with Gasteiger partial charge >= 0.3 is 0 Å². The Kier molecular flexibility index (Phi) is 4.34. The molecule has 0 rings (SSSR count). The maximum absolute atomic E-state index is 4.38. The Labute approximate surface area is 43.1 Å². The first-order valence-corrected chi connectivity index (χ1v) is 2.10. The minimum absolute atomic E-state index is 0.642. The summed E-state index contributed by atoms with van der Waals surface area (Å²) in [4.78, 5) is 0. The van der Waals surface area contributed by atoms with Crippen LogP contribution in [0.3, 0.4) is 0 Å². The molecule has 0 aliphatic rings. The molecule has 0 N–H and O–H groups in total. The summed E-state index contributed by atoms with van der Waals surface area (Å²) in [6.45, 7) is 4.08. The first-order valence-electron chi connectivity index (χ1n) is 1.63. The number of thiocarbonyl (C=S) groups is 1. The molecule has 1 radical (unpaired) electrons. The molecule has 0 aliphatic carbocycles. The molecule has 1 nitrogen and oxygen atoms in total. The van der Waals surface area contributed by atoms with Crippen molar-refractivity contribution in [3.63, 3.8) is 0 Å². The molecule has 0 aromatic carbocycles. The van der Waals surface area contributed by atoms with Crippen LogP contribution in [0.4, 0.5) is 0 Å². The highest BCUT2D eigenvalue weighted by molar-refractivity contribution is 7.78. The van der Waals surface area contributed by atoms with Gasteiger partial charge < -0.3 is 0 Å². The second kappa shape index (κ2) is 4.63. The summed E-state index contributed by atoms with van der Waals surface area (Å²) in [6.07, 6.45) is 1.70. The molecule has 2 heteroatoms. The van der Waals surface area contributed by atoms with Crippen LogP contribution in [0.25, 0.3) is 0 Å². The number of hydrogen-bond donors (Lipinski definition) is 0. The van der Waals surface area contributed by atoms with Gasteiger partial charge in [-0.05, 0) is 0 Å². The van der Waals surface area contributed by atoms with Gasteiger partial charge in [-0.2, -0.15) is 0 Å². The fraction of sp³-hybridized carbons (Fsp3) is 0.250. The topological polar surface area (TPSA) is 14.1 Å². The van der Waals surface area contributed by atoms with Crippen LogP contribution in [0, 0.1) is 0 Å². The zero-order valence-electron chi connectivity index (χ0n) is 3.42. The van der Waals surface area contributed by atoms with Gasteiger partial charge in [-0.25, -0.2) is 0 Å². The van der Waals surface area contributed by atoms with Crippen LogP contribution in [0.5, 0.6) is 0 Å². The predicted molar refractivity (Wildman–Crippen MR) is 30.9 cm³/mol. The summed E-state index contributed by atoms with van der Waals surface area (Å²) in [5.41, 5.74) is 1.35. The molecule has 33 valence electrons. The molecule has 0 aromatic heterocycles. The van der Waals surface area contributed by atoms with Crippen LogP contribution in [-0.2, 0) is 0 Å². The van der Waals surface area contributed by atoms with E-state index in [1.165, 1.54) is 5.49 Å². The van der Waals surface area contributed by atoms with Gasteiger partial charge in [0.25, 0.3) is 0 Å². The summed E-state index contributed by atoms with van der Waals surface area (Å²) in [5, 5.41) is 3.66. The third-order valence-electron chi connectivity index (χ3n) is 0.309. The maximum Gasteiger partial charge on any atom is 0.0846 e. The second-order valence-electron chi connectivity index (χ2n) is 0.759. The maximum atomic E-state index is 4.38. The summed E-state index contributed by atoms with van der Waals surface area (Å²) in [7, 11) is 0. The Balaban J connectivity index is 2.66.